The second-order valence-corrected chi connectivity index (χ2v) is 5.20. The van der Waals surface area contributed by atoms with E-state index < -0.39 is 5.54 Å². The van der Waals surface area contributed by atoms with E-state index in [4.69, 9.17) is 11.5 Å². The topological polar surface area (TPSA) is 89.4 Å². The Kier molecular flexibility index (Phi) is 3.57. The molecule has 0 aromatic rings. The fourth-order valence-electron chi connectivity index (χ4n) is 1.99. The summed E-state index contributed by atoms with van der Waals surface area (Å²) in [4.78, 5) is 24.9. The van der Waals surface area contributed by atoms with Gasteiger partial charge in [0.05, 0.1) is 11.5 Å². The number of nitrogens with zero attached hydrogens (tertiary/aromatic N) is 1. The Labute approximate surface area is 96.1 Å². The molecule has 1 rings (SSSR count). The van der Waals surface area contributed by atoms with Crippen molar-refractivity contribution in [3.8, 4) is 0 Å². The maximum Gasteiger partial charge on any atom is 0.242 e. The molecule has 1 aliphatic heterocycles. The van der Waals surface area contributed by atoms with Crippen LogP contribution in [0.5, 0.6) is 0 Å². The van der Waals surface area contributed by atoms with Gasteiger partial charge in [-0.05, 0) is 33.6 Å². The third kappa shape index (κ3) is 2.72. The van der Waals surface area contributed by atoms with Gasteiger partial charge in [0.2, 0.25) is 11.8 Å². The summed E-state index contributed by atoms with van der Waals surface area (Å²) in [7, 11) is 0. The molecule has 5 heteroatoms. The number of rotatable bonds is 2. The molecule has 0 aromatic heterocycles. The van der Waals surface area contributed by atoms with E-state index >= 15 is 0 Å². The number of hydrogen-bond acceptors (Lipinski definition) is 3. The van der Waals surface area contributed by atoms with Crippen LogP contribution in [0.4, 0.5) is 0 Å². The molecule has 4 N–H and O–H groups in total. The Balaban J connectivity index is 2.78. The molecule has 0 bridgehead atoms. The normalized spacial score (nSPS) is 26.6. The molecule has 2 amide bonds. The molecule has 1 aliphatic rings. The van der Waals surface area contributed by atoms with E-state index in [2.05, 4.69) is 0 Å². The highest BCUT2D eigenvalue weighted by Gasteiger charge is 2.36. The molecule has 0 radical (unpaired) electrons. The molecule has 2 unspecified atom stereocenters. The number of carbonyl (C=O) groups excluding carboxylic acids is 2. The van der Waals surface area contributed by atoms with Crippen molar-refractivity contribution in [1.82, 2.24) is 4.90 Å². The van der Waals surface area contributed by atoms with Crippen molar-refractivity contribution in [2.45, 2.75) is 45.2 Å². The lowest BCUT2D eigenvalue weighted by Crippen LogP contribution is -2.57. The Morgan fingerprint density at radius 2 is 1.88 bits per heavy atom. The first-order chi connectivity index (χ1) is 7.23. The molecule has 92 valence electrons. The molecule has 2 atom stereocenters. The van der Waals surface area contributed by atoms with Crippen molar-refractivity contribution in [2.24, 2.45) is 17.4 Å². The fraction of sp³-hybridized carbons (Fsp3) is 0.818. The molecule has 1 fully saturated rings. The Morgan fingerprint density at radius 3 is 2.31 bits per heavy atom. The Bertz CT molecular complexity index is 296. The summed E-state index contributed by atoms with van der Waals surface area (Å²) in [5, 5.41) is 0. The van der Waals surface area contributed by atoms with Crippen LogP contribution in [0.3, 0.4) is 0 Å². The molecule has 5 nitrogen and oxygen atoms in total. The second-order valence-electron chi connectivity index (χ2n) is 5.20. The van der Waals surface area contributed by atoms with E-state index in [0.29, 0.717) is 6.54 Å². The van der Waals surface area contributed by atoms with Crippen molar-refractivity contribution in [1.29, 1.82) is 0 Å². The first kappa shape index (κ1) is 13.0. The Hall–Kier alpha value is -1.10. The zero-order valence-electron chi connectivity index (χ0n) is 10.2. The monoisotopic (exact) mass is 227 g/mol. The van der Waals surface area contributed by atoms with Crippen molar-refractivity contribution >= 4 is 11.8 Å². The van der Waals surface area contributed by atoms with Gasteiger partial charge in [-0.3, -0.25) is 9.59 Å². The molecular formula is C11H21N3O2. The van der Waals surface area contributed by atoms with E-state index in [1.165, 1.54) is 0 Å². The van der Waals surface area contributed by atoms with Crippen LogP contribution in [-0.4, -0.2) is 34.8 Å². The smallest absolute Gasteiger partial charge is 0.242 e. The van der Waals surface area contributed by atoms with Crippen LogP contribution in [0.25, 0.3) is 0 Å². The highest BCUT2D eigenvalue weighted by Crippen LogP contribution is 2.23. The molecule has 0 aromatic carbocycles. The summed E-state index contributed by atoms with van der Waals surface area (Å²) >= 11 is 0. The van der Waals surface area contributed by atoms with Gasteiger partial charge < -0.3 is 16.4 Å². The zero-order chi connectivity index (χ0) is 12.5. The molecule has 0 aliphatic carbocycles. The van der Waals surface area contributed by atoms with Crippen LogP contribution in [0.15, 0.2) is 0 Å². The lowest BCUT2D eigenvalue weighted by molar-refractivity contribution is -0.141. The van der Waals surface area contributed by atoms with Gasteiger partial charge in [0.1, 0.15) is 0 Å². The minimum Gasteiger partial charge on any atom is -0.369 e. The third-order valence-corrected chi connectivity index (χ3v) is 3.10. The van der Waals surface area contributed by atoms with Crippen molar-refractivity contribution in [2.75, 3.05) is 6.54 Å². The van der Waals surface area contributed by atoms with E-state index in [9.17, 15) is 9.59 Å². The molecule has 0 saturated carbocycles. The summed E-state index contributed by atoms with van der Waals surface area (Å²) in [5.74, 6) is -0.687. The predicted octanol–water partition coefficient (Wildman–Crippen LogP) is -0.164. The van der Waals surface area contributed by atoms with Gasteiger partial charge in [0.15, 0.2) is 0 Å². The molecule has 1 saturated heterocycles. The summed E-state index contributed by atoms with van der Waals surface area (Å²) in [6.07, 6.45) is 1.56. The number of hydrogen-bond donors (Lipinski definition) is 2. The molecular weight excluding hydrogens is 206 g/mol. The van der Waals surface area contributed by atoms with Gasteiger partial charge >= 0.3 is 0 Å². The summed E-state index contributed by atoms with van der Waals surface area (Å²) in [5.41, 5.74) is 10.2. The van der Waals surface area contributed by atoms with Gasteiger partial charge in [-0.15, -0.1) is 0 Å². The minimum absolute atomic E-state index is 0.119. The number of carbonyl (C=O) groups is 2. The van der Waals surface area contributed by atoms with Gasteiger partial charge in [-0.25, -0.2) is 0 Å². The first-order valence-corrected chi connectivity index (χ1v) is 5.62. The maximum absolute atomic E-state index is 12.0. The molecule has 1 heterocycles. The van der Waals surface area contributed by atoms with Gasteiger partial charge in [0.25, 0.3) is 0 Å². The van der Waals surface area contributed by atoms with E-state index in [1.54, 1.807) is 18.7 Å². The third-order valence-electron chi connectivity index (χ3n) is 3.10. The van der Waals surface area contributed by atoms with E-state index in [1.807, 2.05) is 6.92 Å². The van der Waals surface area contributed by atoms with Crippen molar-refractivity contribution in [3.63, 3.8) is 0 Å². The standard InChI is InChI=1S/C11H21N3O2/c1-7-4-5-8(9(12)15)6-14(7)10(16)11(2,3)13/h7-8H,4-6,13H2,1-3H3,(H2,12,15). The molecule has 0 spiro atoms. The zero-order valence-corrected chi connectivity index (χ0v) is 10.2. The van der Waals surface area contributed by atoms with Crippen LogP contribution in [0.2, 0.25) is 0 Å². The van der Waals surface area contributed by atoms with Gasteiger partial charge in [-0.1, -0.05) is 0 Å². The number of likely N-dealkylation sites (tertiary alicyclic amines) is 1. The average Bonchev–Trinajstić information content (AvgIpc) is 2.15. The number of amides is 2. The van der Waals surface area contributed by atoms with Crippen molar-refractivity contribution in [3.05, 3.63) is 0 Å². The molecule has 16 heavy (non-hydrogen) atoms. The largest absolute Gasteiger partial charge is 0.369 e. The van der Waals surface area contributed by atoms with Crippen LogP contribution >= 0.6 is 0 Å². The average molecular weight is 227 g/mol. The quantitative estimate of drug-likeness (QED) is 0.686. The lowest BCUT2D eigenvalue weighted by Gasteiger charge is -2.40. The predicted molar refractivity (Wildman–Crippen MR) is 61.4 cm³/mol. The number of nitrogens with two attached hydrogens (primary N) is 2. The van der Waals surface area contributed by atoms with Gasteiger partial charge in [0, 0.05) is 12.6 Å². The first-order valence-electron chi connectivity index (χ1n) is 5.62. The van der Waals surface area contributed by atoms with E-state index in [-0.39, 0.29) is 23.8 Å². The second kappa shape index (κ2) is 4.41. The van der Waals surface area contributed by atoms with Crippen LogP contribution in [0, 0.1) is 5.92 Å². The number of primary amides is 1. The van der Waals surface area contributed by atoms with Gasteiger partial charge in [-0.2, -0.15) is 0 Å². The number of piperidine rings is 1. The highest BCUT2D eigenvalue weighted by molar-refractivity contribution is 5.86. The highest BCUT2D eigenvalue weighted by atomic mass is 16.2. The maximum atomic E-state index is 12.0. The summed E-state index contributed by atoms with van der Waals surface area (Å²) in [6.45, 7) is 5.72. The fourth-order valence-corrected chi connectivity index (χ4v) is 1.99. The minimum atomic E-state index is -0.895. The lowest BCUT2D eigenvalue weighted by atomic mass is 9.91. The summed E-state index contributed by atoms with van der Waals surface area (Å²) < 4.78 is 0. The Morgan fingerprint density at radius 1 is 1.31 bits per heavy atom. The van der Waals surface area contributed by atoms with Crippen LogP contribution in [-0.2, 0) is 9.59 Å². The SMILES string of the molecule is CC1CCC(C(N)=O)CN1C(=O)C(C)(C)N. The van der Waals surface area contributed by atoms with Crippen LogP contribution in [0.1, 0.15) is 33.6 Å². The van der Waals surface area contributed by atoms with E-state index in [0.717, 1.165) is 12.8 Å². The van der Waals surface area contributed by atoms with Crippen LogP contribution < -0.4 is 11.5 Å². The van der Waals surface area contributed by atoms with Crippen molar-refractivity contribution < 1.29 is 9.59 Å². The summed E-state index contributed by atoms with van der Waals surface area (Å²) in [6, 6.07) is 0.130.